The summed E-state index contributed by atoms with van der Waals surface area (Å²) in [6, 6.07) is 5.50. The summed E-state index contributed by atoms with van der Waals surface area (Å²) in [5.41, 5.74) is 0.994. The van der Waals surface area contributed by atoms with Gasteiger partial charge in [-0.1, -0.05) is 0 Å². The second-order valence-electron chi connectivity index (χ2n) is 5.81. The molecule has 7 nitrogen and oxygen atoms in total. The lowest BCUT2D eigenvalue weighted by Gasteiger charge is -2.22. The average molecular weight is 318 g/mol. The number of furan rings is 1. The summed E-state index contributed by atoms with van der Waals surface area (Å²) < 4.78 is 12.6. The van der Waals surface area contributed by atoms with Gasteiger partial charge in [0.05, 0.1) is 6.04 Å². The topological polar surface area (TPSA) is 72.5 Å². The lowest BCUT2D eigenvalue weighted by molar-refractivity contribution is 0.157. The number of rotatable bonds is 4. The Morgan fingerprint density at radius 2 is 2.35 bits per heavy atom. The zero-order chi connectivity index (χ0) is 16.4. The first-order valence-electron chi connectivity index (χ1n) is 7.74. The predicted octanol–water partition coefficient (Wildman–Crippen LogP) is 2.84. The number of hydrogen-bond donors (Lipinski definition) is 1. The van der Waals surface area contributed by atoms with E-state index in [-0.39, 0.29) is 12.1 Å². The number of carbonyl (C=O) groups is 1. The van der Waals surface area contributed by atoms with Gasteiger partial charge in [-0.05, 0) is 31.9 Å². The Kier molecular flexibility index (Phi) is 4.38. The summed E-state index contributed by atoms with van der Waals surface area (Å²) in [6.07, 6.45) is 1.86. The molecule has 2 amide bonds. The van der Waals surface area contributed by atoms with Crippen LogP contribution in [0.25, 0.3) is 0 Å². The number of hydrogen-bond acceptors (Lipinski definition) is 4. The fraction of sp³-hybridized carbons (Fsp3) is 0.500. The summed E-state index contributed by atoms with van der Waals surface area (Å²) in [6.45, 7) is 3.09. The third-order valence-electron chi connectivity index (χ3n) is 4.16. The van der Waals surface area contributed by atoms with Crippen molar-refractivity contribution in [2.24, 2.45) is 7.05 Å². The van der Waals surface area contributed by atoms with Gasteiger partial charge >= 0.3 is 6.03 Å². The zero-order valence-electron chi connectivity index (χ0n) is 13.7. The van der Waals surface area contributed by atoms with Crippen LogP contribution in [0.5, 0.6) is 0 Å². The molecule has 1 N–H and O–H groups in total. The normalized spacial score (nSPS) is 17.7. The molecule has 0 aromatic carbocycles. The van der Waals surface area contributed by atoms with Gasteiger partial charge in [0.2, 0.25) is 0 Å². The molecule has 0 saturated carbocycles. The third-order valence-corrected chi connectivity index (χ3v) is 4.16. The molecule has 23 heavy (non-hydrogen) atoms. The Morgan fingerprint density at radius 3 is 3.04 bits per heavy atom. The number of aryl methyl sites for hydroxylation is 2. The Labute approximate surface area is 135 Å². The molecule has 7 heteroatoms. The van der Waals surface area contributed by atoms with Gasteiger partial charge in [-0.25, -0.2) is 4.79 Å². The van der Waals surface area contributed by atoms with Crippen LogP contribution in [-0.2, 0) is 18.4 Å². The number of likely N-dealkylation sites (tertiary alicyclic amines) is 1. The predicted molar refractivity (Wildman–Crippen MR) is 85.1 cm³/mol. The minimum absolute atomic E-state index is 0.0367. The number of urea groups is 1. The molecule has 1 aliphatic rings. The van der Waals surface area contributed by atoms with Gasteiger partial charge in [0.25, 0.3) is 0 Å². The van der Waals surface area contributed by atoms with Crippen LogP contribution in [0.1, 0.15) is 36.1 Å². The highest BCUT2D eigenvalue weighted by molar-refractivity contribution is 5.88. The van der Waals surface area contributed by atoms with Crippen LogP contribution in [0, 0.1) is 6.92 Å². The zero-order valence-corrected chi connectivity index (χ0v) is 13.7. The fourth-order valence-electron chi connectivity index (χ4n) is 2.90. The van der Waals surface area contributed by atoms with Crippen molar-refractivity contribution in [1.29, 1.82) is 0 Å². The molecule has 3 heterocycles. The van der Waals surface area contributed by atoms with E-state index >= 15 is 0 Å². The maximum atomic E-state index is 12.6. The van der Waals surface area contributed by atoms with Gasteiger partial charge in [0.15, 0.2) is 5.82 Å². The van der Waals surface area contributed by atoms with E-state index < -0.39 is 0 Å². The van der Waals surface area contributed by atoms with Crippen molar-refractivity contribution in [2.45, 2.75) is 32.4 Å². The summed E-state index contributed by atoms with van der Waals surface area (Å²) in [7, 11) is 3.48. The fourth-order valence-corrected chi connectivity index (χ4v) is 2.90. The molecule has 3 rings (SSSR count). The maximum absolute atomic E-state index is 12.6. The second-order valence-corrected chi connectivity index (χ2v) is 5.81. The van der Waals surface area contributed by atoms with Gasteiger partial charge in [0, 0.05) is 32.5 Å². The molecule has 2 aromatic rings. The highest BCUT2D eigenvalue weighted by Crippen LogP contribution is 2.33. The summed E-state index contributed by atoms with van der Waals surface area (Å²) in [5.74, 6) is 2.15. The molecule has 1 aliphatic heterocycles. The lowest BCUT2D eigenvalue weighted by Crippen LogP contribution is -2.34. The van der Waals surface area contributed by atoms with E-state index in [9.17, 15) is 4.79 Å². The first kappa shape index (κ1) is 15.6. The third kappa shape index (κ3) is 3.24. The molecule has 1 unspecified atom stereocenters. The number of nitrogens with zero attached hydrogens (tertiary/aromatic N) is 3. The SMILES string of the molecule is COCc1ccc(C2CCCN2C(=O)Nc2cc(C)n(C)n2)o1. The number of anilines is 1. The molecule has 0 bridgehead atoms. The minimum atomic E-state index is -0.143. The Morgan fingerprint density at radius 1 is 1.52 bits per heavy atom. The van der Waals surface area contributed by atoms with Crippen LogP contribution in [0.15, 0.2) is 22.6 Å². The molecule has 2 aromatic heterocycles. The first-order valence-corrected chi connectivity index (χ1v) is 7.74. The van der Waals surface area contributed by atoms with Crippen molar-refractivity contribution in [3.8, 4) is 0 Å². The van der Waals surface area contributed by atoms with E-state index in [1.807, 2.05) is 32.2 Å². The standard InChI is InChI=1S/C16H22N4O3/c1-11-9-15(18-19(11)2)17-16(21)20-8-4-5-13(20)14-7-6-12(23-14)10-22-3/h6-7,9,13H,4-5,8,10H2,1-3H3,(H,17,18,21). The lowest BCUT2D eigenvalue weighted by atomic mass is 10.2. The molecule has 124 valence electrons. The van der Waals surface area contributed by atoms with Crippen molar-refractivity contribution >= 4 is 11.8 Å². The maximum Gasteiger partial charge on any atom is 0.323 e. The molecule has 0 radical (unpaired) electrons. The number of amides is 2. The van der Waals surface area contributed by atoms with Crippen LogP contribution in [0.2, 0.25) is 0 Å². The van der Waals surface area contributed by atoms with Gasteiger partial charge < -0.3 is 14.1 Å². The molecule has 1 atom stereocenters. The first-order chi connectivity index (χ1) is 11.1. The van der Waals surface area contributed by atoms with E-state index in [2.05, 4.69) is 10.4 Å². The Bertz CT molecular complexity index is 672. The van der Waals surface area contributed by atoms with Crippen LogP contribution < -0.4 is 5.32 Å². The molecular weight excluding hydrogens is 296 g/mol. The quantitative estimate of drug-likeness (QED) is 0.941. The van der Waals surface area contributed by atoms with Gasteiger partial charge in [-0.15, -0.1) is 0 Å². The highest BCUT2D eigenvalue weighted by atomic mass is 16.5. The van der Waals surface area contributed by atoms with E-state index in [1.54, 1.807) is 16.7 Å². The summed E-state index contributed by atoms with van der Waals surface area (Å²) in [4.78, 5) is 14.4. The van der Waals surface area contributed by atoms with Crippen molar-refractivity contribution < 1.29 is 13.9 Å². The number of nitrogens with one attached hydrogen (secondary N) is 1. The molecule has 0 aliphatic carbocycles. The van der Waals surface area contributed by atoms with E-state index in [4.69, 9.17) is 9.15 Å². The van der Waals surface area contributed by atoms with Gasteiger partial charge in [0.1, 0.15) is 18.1 Å². The molecular formula is C16H22N4O3. The Hall–Kier alpha value is -2.28. The van der Waals surface area contributed by atoms with Crippen LogP contribution >= 0.6 is 0 Å². The second kappa shape index (κ2) is 6.45. The highest BCUT2D eigenvalue weighted by Gasteiger charge is 2.32. The van der Waals surface area contributed by atoms with Gasteiger partial charge in [-0.2, -0.15) is 5.10 Å². The summed E-state index contributed by atoms with van der Waals surface area (Å²) >= 11 is 0. The number of methoxy groups -OCH3 is 1. The molecule has 0 spiro atoms. The largest absolute Gasteiger partial charge is 0.461 e. The Balaban J connectivity index is 1.71. The monoisotopic (exact) mass is 318 g/mol. The average Bonchev–Trinajstić information content (AvgIpc) is 3.20. The smallest absolute Gasteiger partial charge is 0.323 e. The van der Waals surface area contributed by atoms with Crippen molar-refractivity contribution in [3.63, 3.8) is 0 Å². The van der Waals surface area contributed by atoms with Crippen LogP contribution in [0.4, 0.5) is 10.6 Å². The number of aromatic nitrogens is 2. The van der Waals surface area contributed by atoms with Crippen LogP contribution in [-0.4, -0.2) is 34.4 Å². The summed E-state index contributed by atoms with van der Waals surface area (Å²) in [5, 5.41) is 7.13. The van der Waals surface area contributed by atoms with Gasteiger partial charge in [-0.3, -0.25) is 10.00 Å². The van der Waals surface area contributed by atoms with Crippen molar-refractivity contribution in [1.82, 2.24) is 14.7 Å². The molecule has 1 fully saturated rings. The van der Waals surface area contributed by atoms with Crippen molar-refractivity contribution in [3.05, 3.63) is 35.4 Å². The van der Waals surface area contributed by atoms with E-state index in [1.165, 1.54) is 0 Å². The molecule has 1 saturated heterocycles. The van der Waals surface area contributed by atoms with Crippen LogP contribution in [0.3, 0.4) is 0 Å². The van der Waals surface area contributed by atoms with E-state index in [0.717, 1.165) is 30.1 Å². The van der Waals surface area contributed by atoms with E-state index in [0.29, 0.717) is 19.0 Å². The number of ether oxygens (including phenoxy) is 1. The number of carbonyl (C=O) groups excluding carboxylic acids is 1. The minimum Gasteiger partial charge on any atom is -0.461 e. The van der Waals surface area contributed by atoms with Crippen molar-refractivity contribution in [2.75, 3.05) is 19.0 Å².